The van der Waals surface area contributed by atoms with E-state index in [1.165, 1.54) is 13.0 Å². The summed E-state index contributed by atoms with van der Waals surface area (Å²) >= 11 is 5.14. The summed E-state index contributed by atoms with van der Waals surface area (Å²) in [5.74, 6) is -0.0211. The molecule has 0 aliphatic heterocycles. The summed E-state index contributed by atoms with van der Waals surface area (Å²) in [6.45, 7) is 1.49. The van der Waals surface area contributed by atoms with Gasteiger partial charge in [-0.05, 0) is 49.5 Å². The van der Waals surface area contributed by atoms with E-state index >= 15 is 0 Å². The third kappa shape index (κ3) is 3.86. The van der Waals surface area contributed by atoms with Gasteiger partial charge in [0.15, 0.2) is 10.9 Å². The van der Waals surface area contributed by atoms with Gasteiger partial charge in [-0.25, -0.2) is 0 Å². The minimum atomic E-state index is -0.480. The van der Waals surface area contributed by atoms with Crippen LogP contribution in [0.15, 0.2) is 48.5 Å². The van der Waals surface area contributed by atoms with Crippen LogP contribution in [0.3, 0.4) is 0 Å². The Hall–Kier alpha value is -2.80. The number of nitrogens with zero attached hydrogens (tertiary/aromatic N) is 1. The van der Waals surface area contributed by atoms with E-state index in [1.807, 2.05) is 0 Å². The van der Waals surface area contributed by atoms with Crippen LogP contribution in [0.1, 0.15) is 17.3 Å². The molecular weight excluding hydrogens is 302 g/mol. The van der Waals surface area contributed by atoms with E-state index in [0.29, 0.717) is 16.9 Å². The molecular formula is C15H13N3O3S. The summed E-state index contributed by atoms with van der Waals surface area (Å²) in [4.78, 5) is 21.7. The van der Waals surface area contributed by atoms with Crippen molar-refractivity contribution in [3.05, 3.63) is 64.2 Å². The molecule has 0 aromatic heterocycles. The largest absolute Gasteiger partial charge is 0.332 e. The minimum absolute atomic E-state index is 0.0211. The third-order valence-electron chi connectivity index (χ3n) is 2.90. The molecule has 0 heterocycles. The van der Waals surface area contributed by atoms with Gasteiger partial charge in [-0.1, -0.05) is 12.1 Å². The van der Waals surface area contributed by atoms with Crippen molar-refractivity contribution in [3.8, 4) is 0 Å². The molecule has 0 fully saturated rings. The Kier molecular flexibility index (Phi) is 4.80. The number of nitrogens with one attached hydrogen (secondary N) is 2. The number of para-hydroxylation sites is 2. The number of carbonyl (C=O) groups excluding carboxylic acids is 1. The number of hydrogen-bond acceptors (Lipinski definition) is 4. The molecule has 0 bridgehead atoms. The second kappa shape index (κ2) is 6.77. The first-order chi connectivity index (χ1) is 10.5. The van der Waals surface area contributed by atoms with Crippen LogP contribution in [0.4, 0.5) is 17.1 Å². The quantitative estimate of drug-likeness (QED) is 0.388. The Labute approximate surface area is 132 Å². The molecule has 0 saturated carbocycles. The molecule has 2 aromatic carbocycles. The van der Waals surface area contributed by atoms with Crippen LogP contribution in [0.5, 0.6) is 0 Å². The van der Waals surface area contributed by atoms with E-state index in [0.717, 1.165) is 0 Å². The molecule has 112 valence electrons. The van der Waals surface area contributed by atoms with Crippen molar-refractivity contribution in [1.29, 1.82) is 0 Å². The number of rotatable bonds is 4. The van der Waals surface area contributed by atoms with Crippen molar-refractivity contribution in [2.45, 2.75) is 6.92 Å². The number of nitro groups is 1. The van der Waals surface area contributed by atoms with E-state index in [2.05, 4.69) is 10.6 Å². The molecule has 0 aliphatic carbocycles. The van der Waals surface area contributed by atoms with Gasteiger partial charge in [0.1, 0.15) is 5.69 Å². The van der Waals surface area contributed by atoms with Crippen molar-refractivity contribution in [2.24, 2.45) is 0 Å². The first-order valence-corrected chi connectivity index (χ1v) is 6.80. The molecule has 0 saturated heterocycles. The van der Waals surface area contributed by atoms with Gasteiger partial charge in [-0.15, -0.1) is 0 Å². The maximum atomic E-state index is 11.2. The first kappa shape index (κ1) is 15.6. The smallest absolute Gasteiger partial charge is 0.292 e. The van der Waals surface area contributed by atoms with Gasteiger partial charge < -0.3 is 10.6 Å². The topological polar surface area (TPSA) is 84.3 Å². The van der Waals surface area contributed by atoms with Crippen molar-refractivity contribution >= 4 is 40.2 Å². The molecule has 0 radical (unpaired) electrons. The highest BCUT2D eigenvalue weighted by atomic mass is 32.1. The maximum Gasteiger partial charge on any atom is 0.292 e. The van der Waals surface area contributed by atoms with Crippen LogP contribution in [-0.2, 0) is 0 Å². The summed E-state index contributed by atoms with van der Waals surface area (Å²) in [6.07, 6.45) is 0. The van der Waals surface area contributed by atoms with Gasteiger partial charge in [0.05, 0.1) is 4.92 Å². The Morgan fingerprint density at radius 2 is 1.73 bits per heavy atom. The molecule has 0 spiro atoms. The van der Waals surface area contributed by atoms with Crippen molar-refractivity contribution < 1.29 is 9.72 Å². The first-order valence-electron chi connectivity index (χ1n) is 6.40. The highest BCUT2D eigenvalue weighted by molar-refractivity contribution is 7.80. The molecule has 2 aromatic rings. The second-order valence-corrected chi connectivity index (χ2v) is 4.90. The molecule has 6 nitrogen and oxygen atoms in total. The van der Waals surface area contributed by atoms with Gasteiger partial charge >= 0.3 is 0 Å². The fourth-order valence-electron chi connectivity index (χ4n) is 1.81. The van der Waals surface area contributed by atoms with Gasteiger partial charge in [0, 0.05) is 17.3 Å². The predicted molar refractivity (Wildman–Crippen MR) is 89.4 cm³/mol. The minimum Gasteiger partial charge on any atom is -0.332 e. The zero-order valence-electron chi connectivity index (χ0n) is 11.7. The Morgan fingerprint density at radius 1 is 1.09 bits per heavy atom. The predicted octanol–water partition coefficient (Wildman–Crippen LogP) is 3.61. The van der Waals surface area contributed by atoms with Crippen molar-refractivity contribution in [1.82, 2.24) is 0 Å². The number of nitro benzene ring substituents is 1. The fourth-order valence-corrected chi connectivity index (χ4v) is 2.04. The summed E-state index contributed by atoms with van der Waals surface area (Å²) in [6, 6.07) is 13.0. The number of benzene rings is 2. The lowest BCUT2D eigenvalue weighted by molar-refractivity contribution is -0.383. The zero-order chi connectivity index (χ0) is 16.1. The van der Waals surface area contributed by atoms with Gasteiger partial charge in [-0.3, -0.25) is 14.9 Å². The molecule has 2 N–H and O–H groups in total. The van der Waals surface area contributed by atoms with Crippen LogP contribution in [0.2, 0.25) is 0 Å². The van der Waals surface area contributed by atoms with Crippen LogP contribution >= 0.6 is 12.2 Å². The summed E-state index contributed by atoms with van der Waals surface area (Å²) in [5.41, 5.74) is 1.54. The van der Waals surface area contributed by atoms with E-state index in [9.17, 15) is 14.9 Å². The van der Waals surface area contributed by atoms with Gasteiger partial charge in [0.25, 0.3) is 5.69 Å². The number of Topliss-reactive ketones (excluding diaryl/α,β-unsaturated/α-hetero) is 1. The molecule has 0 atom stereocenters. The molecule has 7 heteroatoms. The van der Waals surface area contributed by atoms with Crippen molar-refractivity contribution in [2.75, 3.05) is 10.6 Å². The molecule has 22 heavy (non-hydrogen) atoms. The standard InChI is InChI=1S/C15H13N3O3S/c1-10(19)11-6-8-12(9-7-11)16-15(22)17-13-4-2-3-5-14(13)18(20)21/h2-9H,1H3,(H2,16,17,22). The van der Waals surface area contributed by atoms with Gasteiger partial charge in [0.2, 0.25) is 0 Å². The number of ketones is 1. The number of carbonyl (C=O) groups is 1. The zero-order valence-corrected chi connectivity index (χ0v) is 12.5. The summed E-state index contributed by atoms with van der Waals surface area (Å²) < 4.78 is 0. The normalized spacial score (nSPS) is 9.86. The highest BCUT2D eigenvalue weighted by Gasteiger charge is 2.13. The van der Waals surface area contributed by atoms with Gasteiger partial charge in [-0.2, -0.15) is 0 Å². The van der Waals surface area contributed by atoms with Crippen LogP contribution in [0, 0.1) is 10.1 Å². The average molecular weight is 315 g/mol. The maximum absolute atomic E-state index is 11.2. The summed E-state index contributed by atoms with van der Waals surface area (Å²) in [5, 5.41) is 16.9. The monoisotopic (exact) mass is 315 g/mol. The number of hydrogen-bond donors (Lipinski definition) is 2. The van der Waals surface area contributed by atoms with Crippen LogP contribution < -0.4 is 10.6 Å². The van der Waals surface area contributed by atoms with E-state index in [-0.39, 0.29) is 16.6 Å². The fraction of sp³-hybridized carbons (Fsp3) is 0.0667. The lowest BCUT2D eigenvalue weighted by Crippen LogP contribution is -2.19. The second-order valence-electron chi connectivity index (χ2n) is 4.49. The number of anilines is 2. The van der Waals surface area contributed by atoms with Crippen LogP contribution in [-0.4, -0.2) is 15.8 Å². The average Bonchev–Trinajstić information content (AvgIpc) is 2.48. The van der Waals surface area contributed by atoms with E-state index in [4.69, 9.17) is 12.2 Å². The third-order valence-corrected chi connectivity index (χ3v) is 3.10. The van der Waals surface area contributed by atoms with E-state index < -0.39 is 4.92 Å². The van der Waals surface area contributed by atoms with Crippen LogP contribution in [0.25, 0.3) is 0 Å². The lowest BCUT2D eigenvalue weighted by atomic mass is 10.1. The molecule has 0 amide bonds. The lowest BCUT2D eigenvalue weighted by Gasteiger charge is -2.11. The SMILES string of the molecule is CC(=O)c1ccc(NC(=S)Nc2ccccc2[N+](=O)[O-])cc1. The van der Waals surface area contributed by atoms with Crippen molar-refractivity contribution in [3.63, 3.8) is 0 Å². The number of thiocarbonyl (C=S) groups is 1. The van der Waals surface area contributed by atoms with E-state index in [1.54, 1.807) is 42.5 Å². The molecule has 0 aliphatic rings. The summed E-state index contributed by atoms with van der Waals surface area (Å²) in [7, 11) is 0. The Balaban J connectivity index is 2.07. The Bertz CT molecular complexity index is 729. The Morgan fingerprint density at radius 3 is 2.32 bits per heavy atom. The highest BCUT2D eigenvalue weighted by Crippen LogP contribution is 2.23. The molecule has 2 rings (SSSR count). The molecule has 0 unspecified atom stereocenters.